The van der Waals surface area contributed by atoms with E-state index in [1.165, 1.54) is 11.8 Å². The fourth-order valence-electron chi connectivity index (χ4n) is 1.42. The van der Waals surface area contributed by atoms with E-state index in [0.29, 0.717) is 11.0 Å². The summed E-state index contributed by atoms with van der Waals surface area (Å²) in [4.78, 5) is 15.9. The molecule has 6 nitrogen and oxygen atoms in total. The summed E-state index contributed by atoms with van der Waals surface area (Å²) in [5.74, 6) is -0.0601. The number of hydrogen-bond donors (Lipinski definition) is 0. The minimum atomic E-state index is -0.592. The molecule has 2 rings (SSSR count). The van der Waals surface area contributed by atoms with Crippen molar-refractivity contribution in [1.29, 1.82) is 0 Å². The summed E-state index contributed by atoms with van der Waals surface area (Å²) in [6.07, 6.45) is 2.09. The van der Waals surface area contributed by atoms with Gasteiger partial charge in [-0.3, -0.25) is 0 Å². The molecule has 2 aromatic rings. The van der Waals surface area contributed by atoms with Crippen LogP contribution in [-0.2, 0) is 16.9 Å². The van der Waals surface area contributed by atoms with Crippen LogP contribution in [0.4, 0.5) is 0 Å². The lowest BCUT2D eigenvalue weighted by Crippen LogP contribution is -2.04. The minimum absolute atomic E-state index is 0.112. The van der Waals surface area contributed by atoms with Crippen LogP contribution in [0.15, 0.2) is 15.0 Å². The molecule has 20 heavy (non-hydrogen) atoms. The van der Waals surface area contributed by atoms with Gasteiger partial charge in [-0.15, -0.1) is 16.4 Å². The molecule has 0 unspecified atom stereocenters. The van der Waals surface area contributed by atoms with Crippen molar-refractivity contribution in [2.45, 2.75) is 37.7 Å². The van der Waals surface area contributed by atoms with E-state index in [4.69, 9.17) is 9.15 Å². The first kappa shape index (κ1) is 15.0. The minimum Gasteiger partial charge on any atom is -0.459 e. The topological polar surface area (TPSA) is 78.1 Å². The molecule has 0 aliphatic heterocycles. The number of aryl methyl sites for hydroxylation is 1. The van der Waals surface area contributed by atoms with Crippen molar-refractivity contribution in [1.82, 2.24) is 15.2 Å². The fraction of sp³-hybridized carbons (Fsp3) is 0.500. The van der Waals surface area contributed by atoms with Gasteiger partial charge in [0.1, 0.15) is 0 Å². The van der Waals surface area contributed by atoms with E-state index in [2.05, 4.69) is 22.1 Å². The fourth-order valence-corrected chi connectivity index (χ4v) is 3.08. The Morgan fingerprint density at radius 2 is 2.30 bits per heavy atom. The Balaban J connectivity index is 1.88. The van der Waals surface area contributed by atoms with Gasteiger partial charge < -0.3 is 9.15 Å². The highest BCUT2D eigenvalue weighted by molar-refractivity contribution is 7.98. The highest BCUT2D eigenvalue weighted by Gasteiger charge is 2.16. The molecule has 2 aromatic heterocycles. The van der Waals surface area contributed by atoms with Crippen molar-refractivity contribution >= 4 is 29.1 Å². The van der Waals surface area contributed by atoms with Gasteiger partial charge in [0.05, 0.1) is 17.3 Å². The van der Waals surface area contributed by atoms with Crippen LogP contribution in [0.3, 0.4) is 0 Å². The van der Waals surface area contributed by atoms with Gasteiger partial charge in [0.25, 0.3) is 5.22 Å². The van der Waals surface area contributed by atoms with E-state index in [-0.39, 0.29) is 12.5 Å². The van der Waals surface area contributed by atoms with E-state index < -0.39 is 5.97 Å². The summed E-state index contributed by atoms with van der Waals surface area (Å²) in [6.45, 7) is 4.13. The maximum absolute atomic E-state index is 11.4. The largest absolute Gasteiger partial charge is 0.459 e. The van der Waals surface area contributed by atoms with E-state index in [9.17, 15) is 4.79 Å². The molecular weight excluding hydrogens is 298 g/mol. The number of ether oxygens (including phenoxy) is 1. The number of thioether (sulfide) groups is 1. The Morgan fingerprint density at radius 1 is 1.45 bits per heavy atom. The van der Waals surface area contributed by atoms with Gasteiger partial charge in [0.2, 0.25) is 0 Å². The second-order valence-electron chi connectivity index (χ2n) is 3.86. The lowest BCUT2D eigenvalue weighted by molar-refractivity contribution is 0.0475. The van der Waals surface area contributed by atoms with E-state index in [1.54, 1.807) is 18.3 Å². The molecule has 8 heteroatoms. The van der Waals surface area contributed by atoms with E-state index in [0.717, 1.165) is 23.5 Å². The lowest BCUT2D eigenvalue weighted by Gasteiger charge is -1.94. The molecule has 108 valence electrons. The van der Waals surface area contributed by atoms with E-state index >= 15 is 0 Å². The van der Waals surface area contributed by atoms with Gasteiger partial charge in [-0.2, -0.15) is 0 Å². The molecule has 0 saturated heterocycles. The molecule has 0 bridgehead atoms. The number of carbonyl (C=O) groups excluding carboxylic acids is 1. The molecule has 0 aliphatic rings. The van der Waals surface area contributed by atoms with Crippen molar-refractivity contribution in [3.8, 4) is 0 Å². The van der Waals surface area contributed by atoms with Crippen LogP contribution in [0, 0.1) is 0 Å². The van der Waals surface area contributed by atoms with Crippen molar-refractivity contribution in [3.05, 3.63) is 22.0 Å². The Bertz CT molecular complexity index is 568. The third-order valence-corrected chi connectivity index (χ3v) is 4.07. The van der Waals surface area contributed by atoms with Crippen LogP contribution in [0.25, 0.3) is 0 Å². The first-order valence-electron chi connectivity index (χ1n) is 6.29. The molecule has 0 radical (unpaired) electrons. The summed E-state index contributed by atoms with van der Waals surface area (Å²) in [7, 11) is 0. The summed E-state index contributed by atoms with van der Waals surface area (Å²) in [6, 6.07) is 0. The smallest absolute Gasteiger partial charge is 0.396 e. The average molecular weight is 313 g/mol. The van der Waals surface area contributed by atoms with Crippen molar-refractivity contribution in [3.63, 3.8) is 0 Å². The molecule has 0 amide bonds. The van der Waals surface area contributed by atoms with E-state index in [1.807, 2.05) is 5.38 Å². The third kappa shape index (κ3) is 4.04. The number of thiazole rings is 1. The van der Waals surface area contributed by atoms with Crippen LogP contribution in [0.2, 0.25) is 0 Å². The van der Waals surface area contributed by atoms with Crippen molar-refractivity contribution in [2.75, 3.05) is 6.61 Å². The standard InChI is InChI=1S/C12H15N3O3S2/c1-3-5-9-13-8(6-19-9)7-20-12-15-14-10(18-12)11(16)17-4-2/h6H,3-5,7H2,1-2H3. The molecule has 0 N–H and O–H groups in total. The monoisotopic (exact) mass is 313 g/mol. The Hall–Kier alpha value is -1.41. The Morgan fingerprint density at radius 3 is 3.05 bits per heavy atom. The molecule has 2 heterocycles. The number of carbonyl (C=O) groups is 1. The quantitative estimate of drug-likeness (QED) is 0.574. The SMILES string of the molecule is CCCc1nc(CSc2nnc(C(=O)OCC)o2)cs1. The first-order chi connectivity index (χ1) is 9.72. The highest BCUT2D eigenvalue weighted by atomic mass is 32.2. The third-order valence-electron chi connectivity index (χ3n) is 2.26. The number of nitrogens with zero attached hydrogens (tertiary/aromatic N) is 3. The average Bonchev–Trinajstić information content (AvgIpc) is 3.06. The van der Waals surface area contributed by atoms with Crippen LogP contribution in [0.5, 0.6) is 0 Å². The van der Waals surface area contributed by atoms with Crippen LogP contribution >= 0.6 is 23.1 Å². The maximum Gasteiger partial charge on any atom is 0.396 e. The highest BCUT2D eigenvalue weighted by Crippen LogP contribution is 2.23. The van der Waals surface area contributed by atoms with Crippen molar-refractivity contribution in [2.24, 2.45) is 0 Å². The Kier molecular flexibility index (Phi) is 5.54. The summed E-state index contributed by atoms with van der Waals surface area (Å²) < 4.78 is 9.99. The zero-order chi connectivity index (χ0) is 14.4. The number of rotatable bonds is 7. The van der Waals surface area contributed by atoms with Gasteiger partial charge in [-0.25, -0.2) is 9.78 Å². The number of hydrogen-bond acceptors (Lipinski definition) is 8. The first-order valence-corrected chi connectivity index (χ1v) is 8.16. The molecular formula is C12H15N3O3S2. The number of esters is 1. The predicted molar refractivity (Wildman–Crippen MR) is 75.9 cm³/mol. The van der Waals surface area contributed by atoms with Gasteiger partial charge in [0.15, 0.2) is 0 Å². The molecule has 0 fully saturated rings. The zero-order valence-corrected chi connectivity index (χ0v) is 12.9. The van der Waals surface area contributed by atoms with Gasteiger partial charge in [-0.05, 0) is 19.8 Å². The van der Waals surface area contributed by atoms with Gasteiger partial charge >= 0.3 is 11.9 Å². The van der Waals surface area contributed by atoms with Crippen LogP contribution < -0.4 is 0 Å². The van der Waals surface area contributed by atoms with Gasteiger partial charge in [-0.1, -0.05) is 23.8 Å². The molecule has 0 saturated carbocycles. The maximum atomic E-state index is 11.4. The predicted octanol–water partition coefficient (Wildman–Crippen LogP) is 2.95. The number of aromatic nitrogens is 3. The summed E-state index contributed by atoms with van der Waals surface area (Å²) >= 11 is 3.02. The molecule has 0 atom stereocenters. The molecule has 0 aliphatic carbocycles. The van der Waals surface area contributed by atoms with Gasteiger partial charge in [0, 0.05) is 11.1 Å². The summed E-state index contributed by atoms with van der Waals surface area (Å²) in [5.41, 5.74) is 0.985. The van der Waals surface area contributed by atoms with Crippen LogP contribution in [-0.4, -0.2) is 27.8 Å². The second-order valence-corrected chi connectivity index (χ2v) is 5.73. The summed E-state index contributed by atoms with van der Waals surface area (Å²) in [5, 5.41) is 11.0. The lowest BCUT2D eigenvalue weighted by atomic mass is 10.3. The molecule has 0 aromatic carbocycles. The Labute approximate surface area is 125 Å². The normalized spacial score (nSPS) is 10.7. The van der Waals surface area contributed by atoms with Crippen LogP contribution in [0.1, 0.15) is 41.7 Å². The zero-order valence-electron chi connectivity index (χ0n) is 11.3. The van der Waals surface area contributed by atoms with Crippen molar-refractivity contribution < 1.29 is 13.9 Å². The second kappa shape index (κ2) is 7.39. The molecule has 0 spiro atoms.